The minimum Gasteiger partial charge on any atom is -0.368 e. The molecule has 0 aromatic heterocycles. The van der Waals surface area contributed by atoms with Crippen LogP contribution in [0.4, 0.5) is 18.9 Å². The van der Waals surface area contributed by atoms with Crippen LogP contribution in [0.1, 0.15) is 49.9 Å². The first kappa shape index (κ1) is 31.5. The third-order valence-corrected chi connectivity index (χ3v) is 7.96. The number of ether oxygens (including phenoxy) is 2. The summed E-state index contributed by atoms with van der Waals surface area (Å²) in [6.07, 6.45) is -4.47. The van der Waals surface area contributed by atoms with Crippen molar-refractivity contribution < 1.29 is 27.4 Å². The molecule has 2 aromatic carbocycles. The second-order valence-electron chi connectivity index (χ2n) is 9.67. The molecule has 0 radical (unpaired) electrons. The summed E-state index contributed by atoms with van der Waals surface area (Å²) in [5.74, 6) is 0.00990. The minimum atomic E-state index is -4.48. The van der Waals surface area contributed by atoms with Crippen molar-refractivity contribution in [2.24, 2.45) is 0 Å². The molecule has 3 rings (SSSR count). The Bertz CT molecular complexity index is 1120. The Labute approximate surface area is 238 Å². The highest BCUT2D eigenvalue weighted by Gasteiger charge is 2.35. The molecule has 6 nitrogen and oxygen atoms in total. The minimum absolute atomic E-state index is 0.00990. The van der Waals surface area contributed by atoms with E-state index in [-0.39, 0.29) is 5.91 Å². The Kier molecular flexibility index (Phi) is 10.9. The van der Waals surface area contributed by atoms with Gasteiger partial charge in [-0.15, -0.1) is 0 Å². The lowest BCUT2D eigenvalue weighted by Crippen LogP contribution is -2.49. The Morgan fingerprint density at radius 2 is 1.59 bits per heavy atom. The van der Waals surface area contributed by atoms with Crippen LogP contribution in [0.5, 0.6) is 0 Å². The van der Waals surface area contributed by atoms with E-state index in [1.807, 2.05) is 36.6 Å². The van der Waals surface area contributed by atoms with Crippen LogP contribution in [-0.4, -0.2) is 68.6 Å². The fraction of sp³-hybridized carbons (Fsp3) is 0.536. The average molecular weight is 591 g/mol. The number of anilines is 1. The fourth-order valence-electron chi connectivity index (χ4n) is 5.00. The molecule has 11 heteroatoms. The number of benzene rings is 2. The molecule has 0 spiro atoms. The zero-order valence-electron chi connectivity index (χ0n) is 22.9. The summed E-state index contributed by atoms with van der Waals surface area (Å²) in [4.78, 5) is 18.6. The topological polar surface area (TPSA) is 45.3 Å². The number of hydrogen-bond acceptors (Lipinski definition) is 5. The monoisotopic (exact) mass is 589 g/mol. The van der Waals surface area contributed by atoms with Gasteiger partial charge in [-0.2, -0.15) is 13.2 Å². The van der Waals surface area contributed by atoms with Crippen molar-refractivity contribution in [2.75, 3.05) is 45.3 Å². The van der Waals surface area contributed by atoms with Crippen LogP contribution >= 0.6 is 23.2 Å². The predicted molar refractivity (Wildman–Crippen MR) is 148 cm³/mol. The number of methoxy groups -OCH3 is 2. The van der Waals surface area contributed by atoms with E-state index in [9.17, 15) is 18.0 Å². The summed E-state index contributed by atoms with van der Waals surface area (Å²) in [5, 5.41) is 1.07. The number of carbonyl (C=O) groups excluding carboxylic acids is 1. The molecule has 1 heterocycles. The van der Waals surface area contributed by atoms with Gasteiger partial charge in [-0.1, -0.05) is 29.3 Å². The lowest BCUT2D eigenvalue weighted by atomic mass is 9.99. The second kappa shape index (κ2) is 13.5. The molecule has 39 heavy (non-hydrogen) atoms. The van der Waals surface area contributed by atoms with Crippen LogP contribution in [0, 0.1) is 0 Å². The van der Waals surface area contributed by atoms with E-state index in [4.69, 9.17) is 32.7 Å². The van der Waals surface area contributed by atoms with Crippen molar-refractivity contribution in [1.82, 2.24) is 9.80 Å². The maximum atomic E-state index is 13.7. The standard InChI is InChI=1S/C28H36Cl2F3N3O3/c1-18(36(19(2)38-4)20(3)39-5)24-16-22(28(31,32)33)8-10-26(24)34-12-14-35(15-13-34)27(37)11-7-21-6-9-23(29)17-25(21)30/h6,8-10,16-20H,7,11-15H2,1-5H3. The maximum absolute atomic E-state index is 13.7. The molecule has 1 aliphatic heterocycles. The smallest absolute Gasteiger partial charge is 0.368 e. The fourth-order valence-corrected chi connectivity index (χ4v) is 5.51. The van der Waals surface area contributed by atoms with Gasteiger partial charge in [-0.3, -0.25) is 4.79 Å². The van der Waals surface area contributed by atoms with Gasteiger partial charge in [0.25, 0.3) is 0 Å². The Morgan fingerprint density at radius 1 is 0.974 bits per heavy atom. The van der Waals surface area contributed by atoms with E-state index < -0.39 is 30.2 Å². The van der Waals surface area contributed by atoms with E-state index in [2.05, 4.69) is 0 Å². The third-order valence-electron chi connectivity index (χ3n) is 7.37. The van der Waals surface area contributed by atoms with Crippen molar-refractivity contribution in [3.8, 4) is 0 Å². The first-order valence-electron chi connectivity index (χ1n) is 12.9. The van der Waals surface area contributed by atoms with Gasteiger partial charge in [0, 0.05) is 68.6 Å². The van der Waals surface area contributed by atoms with Gasteiger partial charge in [0.05, 0.1) is 5.56 Å². The third kappa shape index (κ3) is 7.79. The van der Waals surface area contributed by atoms with E-state index in [0.717, 1.165) is 11.6 Å². The van der Waals surface area contributed by atoms with Crippen LogP contribution < -0.4 is 4.90 Å². The molecule has 0 bridgehead atoms. The first-order valence-corrected chi connectivity index (χ1v) is 13.6. The van der Waals surface area contributed by atoms with Gasteiger partial charge in [0.15, 0.2) is 0 Å². The highest BCUT2D eigenvalue weighted by atomic mass is 35.5. The Morgan fingerprint density at radius 3 is 2.13 bits per heavy atom. The lowest BCUT2D eigenvalue weighted by Gasteiger charge is -2.41. The molecule has 1 amide bonds. The molecule has 0 aliphatic carbocycles. The average Bonchev–Trinajstić information content (AvgIpc) is 2.91. The molecule has 216 valence electrons. The van der Waals surface area contributed by atoms with E-state index in [1.165, 1.54) is 12.1 Å². The molecule has 0 N–H and O–H groups in total. The number of rotatable bonds is 10. The zero-order valence-corrected chi connectivity index (χ0v) is 24.4. The summed E-state index contributed by atoms with van der Waals surface area (Å²) in [6, 6.07) is 8.64. The molecule has 2 aromatic rings. The zero-order chi connectivity index (χ0) is 28.9. The summed E-state index contributed by atoms with van der Waals surface area (Å²) >= 11 is 12.2. The van der Waals surface area contributed by atoms with E-state index >= 15 is 0 Å². The lowest BCUT2D eigenvalue weighted by molar-refractivity contribution is -0.139. The number of nitrogens with zero attached hydrogens (tertiary/aromatic N) is 3. The summed E-state index contributed by atoms with van der Waals surface area (Å²) in [5.41, 5.74) is 1.37. The summed E-state index contributed by atoms with van der Waals surface area (Å²) in [6.45, 7) is 7.45. The van der Waals surface area contributed by atoms with Crippen molar-refractivity contribution in [3.63, 3.8) is 0 Å². The SMILES string of the molecule is COC(C)N(C(C)OC)C(C)c1cc(C(F)(F)F)ccc1N1CCN(C(=O)CCc2ccc(Cl)cc2Cl)CC1. The van der Waals surface area contributed by atoms with Crippen LogP contribution in [0.3, 0.4) is 0 Å². The van der Waals surface area contributed by atoms with Crippen molar-refractivity contribution in [3.05, 3.63) is 63.1 Å². The van der Waals surface area contributed by atoms with Gasteiger partial charge in [-0.25, -0.2) is 4.90 Å². The van der Waals surface area contributed by atoms with Crippen LogP contribution in [0.15, 0.2) is 36.4 Å². The number of alkyl halides is 3. The van der Waals surface area contributed by atoms with Crippen molar-refractivity contribution in [1.29, 1.82) is 0 Å². The molecule has 3 atom stereocenters. The summed E-state index contributed by atoms with van der Waals surface area (Å²) < 4.78 is 52.1. The number of halogens is 5. The first-order chi connectivity index (χ1) is 18.4. The molecule has 1 fully saturated rings. The van der Waals surface area contributed by atoms with Gasteiger partial charge in [-0.05, 0) is 68.7 Å². The number of hydrogen-bond donors (Lipinski definition) is 0. The second-order valence-corrected chi connectivity index (χ2v) is 10.5. The van der Waals surface area contributed by atoms with Crippen LogP contribution in [-0.2, 0) is 26.9 Å². The quantitative estimate of drug-likeness (QED) is 0.291. The van der Waals surface area contributed by atoms with Crippen LogP contribution in [0.2, 0.25) is 10.0 Å². The van der Waals surface area contributed by atoms with Gasteiger partial charge in [0.1, 0.15) is 12.5 Å². The van der Waals surface area contributed by atoms with Crippen molar-refractivity contribution >= 4 is 34.8 Å². The highest BCUT2D eigenvalue weighted by Crippen LogP contribution is 2.38. The molecular formula is C28H36Cl2F3N3O3. The van der Waals surface area contributed by atoms with Gasteiger partial charge >= 0.3 is 6.18 Å². The van der Waals surface area contributed by atoms with E-state index in [0.29, 0.717) is 60.3 Å². The maximum Gasteiger partial charge on any atom is 0.416 e. The Hall–Kier alpha value is -2.04. The van der Waals surface area contributed by atoms with Gasteiger partial charge < -0.3 is 19.3 Å². The number of carbonyl (C=O) groups is 1. The Balaban J connectivity index is 1.78. The number of piperazine rings is 1. The largest absolute Gasteiger partial charge is 0.416 e. The molecule has 1 aliphatic rings. The van der Waals surface area contributed by atoms with E-state index in [1.54, 1.807) is 31.3 Å². The molecular weight excluding hydrogens is 554 g/mol. The number of amides is 1. The normalized spacial score (nSPS) is 16.9. The van der Waals surface area contributed by atoms with Gasteiger partial charge in [0.2, 0.25) is 5.91 Å². The molecule has 1 saturated heterocycles. The van der Waals surface area contributed by atoms with Crippen molar-refractivity contribution in [2.45, 2.75) is 58.3 Å². The predicted octanol–water partition coefficient (Wildman–Crippen LogP) is 6.64. The number of aryl methyl sites for hydroxylation is 1. The summed E-state index contributed by atoms with van der Waals surface area (Å²) in [7, 11) is 3.11. The molecule has 0 saturated carbocycles. The molecule has 3 unspecified atom stereocenters. The van der Waals surface area contributed by atoms with Crippen LogP contribution in [0.25, 0.3) is 0 Å². The highest BCUT2D eigenvalue weighted by molar-refractivity contribution is 6.35.